The van der Waals surface area contributed by atoms with Crippen molar-refractivity contribution in [3.05, 3.63) is 0 Å². The molecule has 0 bridgehead atoms. The molecule has 1 rings (SSSR count). The number of carbonyl (C=O) groups excluding carboxylic acids is 3. The molecule has 0 radical (unpaired) electrons. The van der Waals surface area contributed by atoms with E-state index in [0.29, 0.717) is 32.5 Å². The number of hydrogen-bond donors (Lipinski definition) is 2. The second kappa shape index (κ2) is 8.00. The Balaban J connectivity index is 2.18. The summed E-state index contributed by atoms with van der Waals surface area (Å²) in [6, 6.07) is -0.351. The number of alkyl carbamates (subject to hydrolysis) is 1. The van der Waals surface area contributed by atoms with Crippen molar-refractivity contribution in [1.82, 2.24) is 15.5 Å². The zero-order chi connectivity index (χ0) is 16.8. The van der Waals surface area contributed by atoms with Gasteiger partial charge in [0.1, 0.15) is 11.6 Å². The van der Waals surface area contributed by atoms with Crippen LogP contribution in [0.1, 0.15) is 47.0 Å². The summed E-state index contributed by atoms with van der Waals surface area (Å²) in [7, 11) is 0. The molecule has 3 amide bonds. The van der Waals surface area contributed by atoms with E-state index in [9.17, 15) is 14.4 Å². The third-order valence-corrected chi connectivity index (χ3v) is 3.28. The maximum absolute atomic E-state index is 12.0. The van der Waals surface area contributed by atoms with E-state index in [1.807, 2.05) is 0 Å². The standard InChI is InChI=1S/C15H27N3O4/c1-11(19)18-10-5-7-12(18)13(20)16-8-6-9-17-14(21)22-15(2,3)4/h12H,5-10H2,1-4H3,(H,16,20)(H,17,21). The minimum atomic E-state index is -0.517. The predicted molar refractivity (Wildman–Crippen MR) is 82.3 cm³/mol. The molecule has 0 aliphatic carbocycles. The molecule has 1 unspecified atom stereocenters. The Bertz CT molecular complexity index is 418. The number of carbonyl (C=O) groups is 3. The molecule has 0 spiro atoms. The molecule has 1 aliphatic heterocycles. The topological polar surface area (TPSA) is 87.7 Å². The van der Waals surface area contributed by atoms with E-state index in [-0.39, 0.29) is 17.9 Å². The van der Waals surface area contributed by atoms with Gasteiger partial charge in [-0.2, -0.15) is 0 Å². The Morgan fingerprint density at radius 2 is 1.82 bits per heavy atom. The molecule has 126 valence electrons. The van der Waals surface area contributed by atoms with Crippen molar-refractivity contribution in [2.24, 2.45) is 0 Å². The fraction of sp³-hybridized carbons (Fsp3) is 0.800. The van der Waals surface area contributed by atoms with E-state index in [0.717, 1.165) is 6.42 Å². The molecule has 7 nitrogen and oxygen atoms in total. The molecule has 0 saturated carbocycles. The molecule has 2 N–H and O–H groups in total. The fourth-order valence-electron chi connectivity index (χ4n) is 2.34. The highest BCUT2D eigenvalue weighted by atomic mass is 16.6. The highest BCUT2D eigenvalue weighted by molar-refractivity contribution is 5.87. The average Bonchev–Trinajstić information content (AvgIpc) is 2.85. The maximum Gasteiger partial charge on any atom is 0.407 e. The Labute approximate surface area is 131 Å². The summed E-state index contributed by atoms with van der Waals surface area (Å²) in [5.74, 6) is -0.186. The minimum absolute atomic E-state index is 0.0655. The van der Waals surface area contributed by atoms with Gasteiger partial charge in [-0.25, -0.2) is 4.79 Å². The number of ether oxygens (including phenoxy) is 1. The van der Waals surface area contributed by atoms with Crippen molar-refractivity contribution in [3.8, 4) is 0 Å². The Morgan fingerprint density at radius 1 is 1.18 bits per heavy atom. The molecular weight excluding hydrogens is 286 g/mol. The first-order valence-corrected chi connectivity index (χ1v) is 7.72. The summed E-state index contributed by atoms with van der Waals surface area (Å²) in [4.78, 5) is 36.5. The number of amides is 3. The van der Waals surface area contributed by atoms with Gasteiger partial charge in [0.05, 0.1) is 0 Å². The Hall–Kier alpha value is -1.79. The highest BCUT2D eigenvalue weighted by Gasteiger charge is 2.31. The smallest absolute Gasteiger partial charge is 0.407 e. The number of nitrogens with zero attached hydrogens (tertiary/aromatic N) is 1. The van der Waals surface area contributed by atoms with Crippen LogP contribution >= 0.6 is 0 Å². The summed E-state index contributed by atoms with van der Waals surface area (Å²) in [6.07, 6.45) is 1.72. The van der Waals surface area contributed by atoms with Gasteiger partial charge in [0, 0.05) is 26.6 Å². The van der Waals surface area contributed by atoms with Gasteiger partial charge in [-0.15, -0.1) is 0 Å². The van der Waals surface area contributed by atoms with E-state index in [4.69, 9.17) is 4.74 Å². The molecule has 22 heavy (non-hydrogen) atoms. The van der Waals surface area contributed by atoms with Crippen LogP contribution in [0.3, 0.4) is 0 Å². The van der Waals surface area contributed by atoms with E-state index in [1.54, 1.807) is 25.7 Å². The number of hydrogen-bond acceptors (Lipinski definition) is 4. The van der Waals surface area contributed by atoms with Gasteiger partial charge in [0.25, 0.3) is 0 Å². The molecule has 7 heteroatoms. The second-order valence-electron chi connectivity index (χ2n) is 6.44. The molecule has 0 aromatic heterocycles. The van der Waals surface area contributed by atoms with Crippen molar-refractivity contribution in [2.45, 2.75) is 58.6 Å². The minimum Gasteiger partial charge on any atom is -0.444 e. The van der Waals surface area contributed by atoms with E-state index >= 15 is 0 Å². The first-order chi connectivity index (χ1) is 10.2. The molecule has 0 aromatic carbocycles. The Kier molecular flexibility index (Phi) is 6.64. The lowest BCUT2D eigenvalue weighted by atomic mass is 10.2. The van der Waals surface area contributed by atoms with E-state index in [2.05, 4.69) is 10.6 Å². The van der Waals surface area contributed by atoms with Crippen molar-refractivity contribution in [2.75, 3.05) is 19.6 Å². The molecule has 1 fully saturated rings. The third kappa shape index (κ3) is 6.32. The van der Waals surface area contributed by atoms with E-state index < -0.39 is 11.7 Å². The van der Waals surface area contributed by atoms with Crippen LogP contribution in [0.15, 0.2) is 0 Å². The highest BCUT2D eigenvalue weighted by Crippen LogP contribution is 2.17. The molecule has 1 atom stereocenters. The van der Waals surface area contributed by atoms with Gasteiger partial charge in [-0.3, -0.25) is 9.59 Å². The molecule has 1 saturated heterocycles. The van der Waals surface area contributed by atoms with Gasteiger partial charge < -0.3 is 20.3 Å². The molecular formula is C15H27N3O4. The molecule has 0 aromatic rings. The van der Waals surface area contributed by atoms with Gasteiger partial charge in [-0.05, 0) is 40.0 Å². The van der Waals surface area contributed by atoms with Gasteiger partial charge >= 0.3 is 6.09 Å². The summed E-state index contributed by atoms with van der Waals surface area (Å²) >= 11 is 0. The number of nitrogens with one attached hydrogen (secondary N) is 2. The first kappa shape index (κ1) is 18.3. The summed E-state index contributed by atoms with van der Waals surface area (Å²) in [5.41, 5.74) is -0.517. The van der Waals surface area contributed by atoms with Crippen LogP contribution in [-0.2, 0) is 14.3 Å². The second-order valence-corrected chi connectivity index (χ2v) is 6.44. The zero-order valence-electron chi connectivity index (χ0n) is 13.9. The lowest BCUT2D eigenvalue weighted by Gasteiger charge is -2.22. The fourth-order valence-corrected chi connectivity index (χ4v) is 2.34. The van der Waals surface area contributed by atoms with Crippen molar-refractivity contribution in [3.63, 3.8) is 0 Å². The van der Waals surface area contributed by atoms with Crippen LogP contribution in [0, 0.1) is 0 Å². The van der Waals surface area contributed by atoms with Crippen LogP contribution in [0.4, 0.5) is 4.79 Å². The van der Waals surface area contributed by atoms with Crippen LogP contribution in [0.25, 0.3) is 0 Å². The van der Waals surface area contributed by atoms with Crippen molar-refractivity contribution < 1.29 is 19.1 Å². The van der Waals surface area contributed by atoms with Crippen LogP contribution < -0.4 is 10.6 Å². The summed E-state index contributed by atoms with van der Waals surface area (Å²) in [6.45, 7) is 8.41. The van der Waals surface area contributed by atoms with Crippen molar-refractivity contribution >= 4 is 17.9 Å². The Morgan fingerprint density at radius 3 is 2.41 bits per heavy atom. The summed E-state index contributed by atoms with van der Waals surface area (Å²) in [5, 5.41) is 5.44. The summed E-state index contributed by atoms with van der Waals surface area (Å²) < 4.78 is 5.11. The van der Waals surface area contributed by atoms with Gasteiger partial charge in [0.15, 0.2) is 0 Å². The molecule has 1 heterocycles. The number of likely N-dealkylation sites (tertiary alicyclic amines) is 1. The van der Waals surface area contributed by atoms with Crippen LogP contribution in [0.5, 0.6) is 0 Å². The van der Waals surface area contributed by atoms with Crippen LogP contribution in [0.2, 0.25) is 0 Å². The van der Waals surface area contributed by atoms with Gasteiger partial charge in [-0.1, -0.05) is 0 Å². The zero-order valence-corrected chi connectivity index (χ0v) is 13.9. The first-order valence-electron chi connectivity index (χ1n) is 7.72. The largest absolute Gasteiger partial charge is 0.444 e. The van der Waals surface area contributed by atoms with Crippen molar-refractivity contribution in [1.29, 1.82) is 0 Å². The average molecular weight is 313 g/mol. The van der Waals surface area contributed by atoms with Crippen LogP contribution in [-0.4, -0.2) is 54.1 Å². The molecule has 1 aliphatic rings. The van der Waals surface area contributed by atoms with Gasteiger partial charge in [0.2, 0.25) is 11.8 Å². The predicted octanol–water partition coefficient (Wildman–Crippen LogP) is 1.03. The lowest BCUT2D eigenvalue weighted by Crippen LogP contribution is -2.45. The number of rotatable bonds is 5. The lowest BCUT2D eigenvalue weighted by molar-refractivity contribution is -0.136. The normalized spacial score (nSPS) is 18.0. The van der Waals surface area contributed by atoms with E-state index in [1.165, 1.54) is 6.92 Å². The third-order valence-electron chi connectivity index (χ3n) is 3.28. The maximum atomic E-state index is 12.0. The SMILES string of the molecule is CC(=O)N1CCCC1C(=O)NCCCNC(=O)OC(C)(C)C. The monoisotopic (exact) mass is 313 g/mol. The quantitative estimate of drug-likeness (QED) is 0.742.